The Morgan fingerprint density at radius 3 is 2.84 bits per heavy atom. The molecule has 0 aliphatic carbocycles. The van der Waals surface area contributed by atoms with Crippen molar-refractivity contribution in [2.75, 3.05) is 0 Å². The molecule has 0 atom stereocenters. The molecule has 1 aromatic carbocycles. The fourth-order valence-electron chi connectivity index (χ4n) is 1.52. The Bertz CT molecular complexity index is 602. The number of rotatable bonds is 4. The maximum Gasteiger partial charge on any atom is 0.224 e. The van der Waals surface area contributed by atoms with Crippen molar-refractivity contribution in [3.8, 4) is 5.88 Å². The summed E-state index contributed by atoms with van der Waals surface area (Å²) in [6.45, 7) is 0.337. The first-order valence-electron chi connectivity index (χ1n) is 5.51. The standard InChI is InChI=1S/C13H12BrN3O2/c14-11-6-2-1-4-9(11)8-19-13-10(12(15)17-18)5-3-7-16-13/h1-7,18H,8H2,(H2,15,17). The lowest BCUT2D eigenvalue weighted by atomic mass is 10.2. The van der Waals surface area contributed by atoms with E-state index in [0.717, 1.165) is 10.0 Å². The van der Waals surface area contributed by atoms with E-state index in [1.165, 1.54) is 0 Å². The van der Waals surface area contributed by atoms with Gasteiger partial charge in [-0.25, -0.2) is 4.98 Å². The van der Waals surface area contributed by atoms with Crippen LogP contribution in [0.25, 0.3) is 0 Å². The summed E-state index contributed by atoms with van der Waals surface area (Å²) in [5.74, 6) is 0.295. The zero-order chi connectivity index (χ0) is 13.7. The summed E-state index contributed by atoms with van der Waals surface area (Å²) in [5, 5.41) is 11.7. The molecule has 5 nitrogen and oxygen atoms in total. The Morgan fingerprint density at radius 1 is 1.32 bits per heavy atom. The molecule has 1 heterocycles. The topological polar surface area (TPSA) is 80.7 Å². The Kier molecular flexibility index (Phi) is 4.35. The third-order valence-corrected chi connectivity index (χ3v) is 3.25. The van der Waals surface area contributed by atoms with Gasteiger partial charge in [-0.3, -0.25) is 0 Å². The van der Waals surface area contributed by atoms with Crippen molar-refractivity contribution in [2.24, 2.45) is 10.9 Å². The minimum absolute atomic E-state index is 0.0322. The van der Waals surface area contributed by atoms with Gasteiger partial charge in [0.25, 0.3) is 0 Å². The molecule has 0 aliphatic rings. The molecular weight excluding hydrogens is 310 g/mol. The maximum absolute atomic E-state index is 8.71. The monoisotopic (exact) mass is 321 g/mol. The van der Waals surface area contributed by atoms with Crippen LogP contribution in [0, 0.1) is 0 Å². The van der Waals surface area contributed by atoms with Gasteiger partial charge in [0.15, 0.2) is 5.84 Å². The van der Waals surface area contributed by atoms with Crippen LogP contribution in [0.1, 0.15) is 11.1 Å². The molecular formula is C13H12BrN3O2. The molecule has 0 unspecified atom stereocenters. The number of amidine groups is 1. The van der Waals surface area contributed by atoms with Crippen LogP contribution in [-0.2, 0) is 6.61 Å². The van der Waals surface area contributed by atoms with Crippen LogP contribution >= 0.6 is 15.9 Å². The van der Waals surface area contributed by atoms with Crippen LogP contribution in [-0.4, -0.2) is 16.0 Å². The zero-order valence-electron chi connectivity index (χ0n) is 9.95. The highest BCUT2D eigenvalue weighted by Crippen LogP contribution is 2.20. The molecule has 0 amide bonds. The first-order valence-corrected chi connectivity index (χ1v) is 6.31. The van der Waals surface area contributed by atoms with Gasteiger partial charge in [-0.15, -0.1) is 0 Å². The molecule has 0 saturated heterocycles. The molecule has 19 heavy (non-hydrogen) atoms. The molecule has 2 rings (SSSR count). The van der Waals surface area contributed by atoms with Crippen molar-refractivity contribution in [1.29, 1.82) is 0 Å². The van der Waals surface area contributed by atoms with Gasteiger partial charge < -0.3 is 15.7 Å². The highest BCUT2D eigenvalue weighted by molar-refractivity contribution is 9.10. The molecule has 98 valence electrons. The van der Waals surface area contributed by atoms with Crippen molar-refractivity contribution in [3.05, 3.63) is 58.2 Å². The average molecular weight is 322 g/mol. The number of pyridine rings is 1. The van der Waals surface area contributed by atoms with E-state index in [1.54, 1.807) is 18.3 Å². The van der Waals surface area contributed by atoms with Crippen molar-refractivity contribution < 1.29 is 9.94 Å². The Morgan fingerprint density at radius 2 is 2.11 bits per heavy atom. The summed E-state index contributed by atoms with van der Waals surface area (Å²) in [4.78, 5) is 4.08. The number of oxime groups is 1. The van der Waals surface area contributed by atoms with Crippen LogP contribution in [0.5, 0.6) is 5.88 Å². The maximum atomic E-state index is 8.71. The van der Waals surface area contributed by atoms with Gasteiger partial charge in [0.1, 0.15) is 6.61 Å². The first-order chi connectivity index (χ1) is 9.22. The number of benzene rings is 1. The number of nitrogens with two attached hydrogens (primary N) is 1. The summed E-state index contributed by atoms with van der Waals surface area (Å²) in [6, 6.07) is 11.1. The van der Waals surface area contributed by atoms with E-state index < -0.39 is 0 Å². The van der Waals surface area contributed by atoms with Crippen LogP contribution < -0.4 is 10.5 Å². The second kappa shape index (κ2) is 6.19. The highest BCUT2D eigenvalue weighted by Gasteiger charge is 2.09. The first kappa shape index (κ1) is 13.4. The number of hydrogen-bond donors (Lipinski definition) is 2. The lowest BCUT2D eigenvalue weighted by Crippen LogP contribution is -2.15. The van der Waals surface area contributed by atoms with Crippen molar-refractivity contribution in [2.45, 2.75) is 6.61 Å². The predicted octanol–water partition coefficient (Wildman–Crippen LogP) is 2.52. The van der Waals surface area contributed by atoms with E-state index in [-0.39, 0.29) is 5.84 Å². The Hall–Kier alpha value is -2.08. The van der Waals surface area contributed by atoms with E-state index in [2.05, 4.69) is 26.1 Å². The molecule has 3 N–H and O–H groups in total. The predicted molar refractivity (Wildman–Crippen MR) is 75.2 cm³/mol. The third-order valence-electron chi connectivity index (χ3n) is 2.48. The molecule has 0 spiro atoms. The number of hydrogen-bond acceptors (Lipinski definition) is 4. The summed E-state index contributed by atoms with van der Waals surface area (Å²) >= 11 is 3.44. The smallest absolute Gasteiger partial charge is 0.224 e. The fourth-order valence-corrected chi connectivity index (χ4v) is 1.92. The average Bonchev–Trinajstić information content (AvgIpc) is 2.46. The van der Waals surface area contributed by atoms with Gasteiger partial charge in [0.05, 0.1) is 5.56 Å². The molecule has 6 heteroatoms. The van der Waals surface area contributed by atoms with E-state index in [9.17, 15) is 0 Å². The van der Waals surface area contributed by atoms with Gasteiger partial charge in [-0.05, 0) is 18.2 Å². The number of halogens is 1. The molecule has 2 aromatic rings. The number of ether oxygens (including phenoxy) is 1. The fraction of sp³-hybridized carbons (Fsp3) is 0.0769. The quantitative estimate of drug-likeness (QED) is 0.392. The minimum Gasteiger partial charge on any atom is -0.472 e. The molecule has 0 fully saturated rings. The normalized spacial score (nSPS) is 11.3. The highest BCUT2D eigenvalue weighted by atomic mass is 79.9. The van der Waals surface area contributed by atoms with Crippen LogP contribution in [0.15, 0.2) is 52.2 Å². The molecule has 0 radical (unpaired) electrons. The van der Waals surface area contributed by atoms with E-state index in [0.29, 0.717) is 18.1 Å². The summed E-state index contributed by atoms with van der Waals surface area (Å²) < 4.78 is 6.57. The second-order valence-electron chi connectivity index (χ2n) is 3.72. The van der Waals surface area contributed by atoms with Gasteiger partial charge in [-0.2, -0.15) is 0 Å². The van der Waals surface area contributed by atoms with Gasteiger partial charge in [0.2, 0.25) is 5.88 Å². The third kappa shape index (κ3) is 3.23. The molecule has 1 aromatic heterocycles. The largest absolute Gasteiger partial charge is 0.472 e. The lowest BCUT2D eigenvalue weighted by molar-refractivity contribution is 0.291. The summed E-state index contributed by atoms with van der Waals surface area (Å²) in [6.07, 6.45) is 1.59. The molecule has 0 saturated carbocycles. The minimum atomic E-state index is -0.0322. The molecule has 0 aliphatic heterocycles. The van der Waals surface area contributed by atoms with E-state index >= 15 is 0 Å². The Labute approximate surface area is 118 Å². The van der Waals surface area contributed by atoms with Gasteiger partial charge in [-0.1, -0.05) is 39.3 Å². The van der Waals surface area contributed by atoms with Gasteiger partial charge in [0, 0.05) is 16.2 Å². The van der Waals surface area contributed by atoms with E-state index in [4.69, 9.17) is 15.7 Å². The number of aromatic nitrogens is 1. The Balaban J connectivity index is 2.19. The SMILES string of the molecule is N/C(=N/O)c1cccnc1OCc1ccccc1Br. The summed E-state index contributed by atoms with van der Waals surface area (Å²) in [5.41, 5.74) is 7.01. The second-order valence-corrected chi connectivity index (χ2v) is 4.58. The van der Waals surface area contributed by atoms with Gasteiger partial charge >= 0.3 is 0 Å². The number of nitrogens with zero attached hydrogens (tertiary/aromatic N) is 2. The van der Waals surface area contributed by atoms with Crippen LogP contribution in [0.4, 0.5) is 0 Å². The van der Waals surface area contributed by atoms with E-state index in [1.807, 2.05) is 24.3 Å². The van der Waals surface area contributed by atoms with Crippen LogP contribution in [0.2, 0.25) is 0 Å². The zero-order valence-corrected chi connectivity index (χ0v) is 11.5. The van der Waals surface area contributed by atoms with Crippen molar-refractivity contribution >= 4 is 21.8 Å². The van der Waals surface area contributed by atoms with Crippen molar-refractivity contribution in [1.82, 2.24) is 4.98 Å². The van der Waals surface area contributed by atoms with Crippen molar-refractivity contribution in [3.63, 3.8) is 0 Å². The van der Waals surface area contributed by atoms with Crippen LogP contribution in [0.3, 0.4) is 0 Å². The lowest BCUT2D eigenvalue weighted by Gasteiger charge is -2.10. The molecule has 0 bridgehead atoms. The summed E-state index contributed by atoms with van der Waals surface area (Å²) in [7, 11) is 0.